The largest absolute Gasteiger partial charge is 0.493 e. The highest BCUT2D eigenvalue weighted by Gasteiger charge is 2.23. The molecule has 1 aliphatic heterocycles. The topological polar surface area (TPSA) is 88.1 Å². The predicted molar refractivity (Wildman–Crippen MR) is 102 cm³/mol. The van der Waals surface area contributed by atoms with Crippen LogP contribution in [0.5, 0.6) is 11.5 Å². The van der Waals surface area contributed by atoms with Crippen LogP contribution in [0.1, 0.15) is 31.4 Å². The van der Waals surface area contributed by atoms with Crippen LogP contribution in [0.2, 0.25) is 0 Å². The predicted octanol–water partition coefficient (Wildman–Crippen LogP) is 1.58. The van der Waals surface area contributed by atoms with Crippen molar-refractivity contribution in [2.24, 2.45) is 5.92 Å². The molecule has 0 saturated carbocycles. The van der Waals surface area contributed by atoms with Gasteiger partial charge in [-0.3, -0.25) is 9.59 Å². The van der Waals surface area contributed by atoms with Crippen LogP contribution in [0.25, 0.3) is 6.08 Å². The van der Waals surface area contributed by atoms with Crippen molar-refractivity contribution in [3.63, 3.8) is 0 Å². The van der Waals surface area contributed by atoms with E-state index in [-0.39, 0.29) is 43.3 Å². The molecule has 0 bridgehead atoms. The van der Waals surface area contributed by atoms with Gasteiger partial charge in [0.2, 0.25) is 11.8 Å². The SMILES string of the molecule is CCC(C)C(CO)NC(=O)CN1C=Cc2cc(OC)c(OC)cc2CC1=O. The molecule has 1 aromatic rings. The highest BCUT2D eigenvalue weighted by Crippen LogP contribution is 2.32. The molecular weight excluding hydrogens is 348 g/mol. The molecule has 0 saturated heterocycles. The molecule has 27 heavy (non-hydrogen) atoms. The van der Waals surface area contributed by atoms with Gasteiger partial charge in [-0.1, -0.05) is 20.3 Å². The van der Waals surface area contributed by atoms with Gasteiger partial charge >= 0.3 is 0 Å². The number of nitrogens with one attached hydrogen (secondary N) is 1. The van der Waals surface area contributed by atoms with E-state index in [1.54, 1.807) is 32.6 Å². The number of ether oxygens (including phenoxy) is 2. The van der Waals surface area contributed by atoms with Gasteiger partial charge in [-0.2, -0.15) is 0 Å². The molecule has 0 aromatic heterocycles. The Morgan fingerprint density at radius 1 is 1.30 bits per heavy atom. The van der Waals surface area contributed by atoms with Crippen molar-refractivity contribution in [3.8, 4) is 11.5 Å². The van der Waals surface area contributed by atoms with E-state index in [0.717, 1.165) is 17.5 Å². The van der Waals surface area contributed by atoms with Crippen molar-refractivity contribution in [2.75, 3.05) is 27.4 Å². The van der Waals surface area contributed by atoms with Gasteiger partial charge in [0.05, 0.1) is 33.3 Å². The highest BCUT2D eigenvalue weighted by atomic mass is 16.5. The van der Waals surface area contributed by atoms with Gasteiger partial charge in [0, 0.05) is 6.20 Å². The van der Waals surface area contributed by atoms with Crippen LogP contribution in [-0.2, 0) is 16.0 Å². The Morgan fingerprint density at radius 3 is 2.56 bits per heavy atom. The summed E-state index contributed by atoms with van der Waals surface area (Å²) in [5.74, 6) is 0.810. The van der Waals surface area contributed by atoms with Crippen molar-refractivity contribution in [1.29, 1.82) is 0 Å². The number of hydrogen-bond acceptors (Lipinski definition) is 5. The normalized spacial score (nSPS) is 15.6. The Bertz CT molecular complexity index is 717. The molecule has 0 radical (unpaired) electrons. The monoisotopic (exact) mass is 376 g/mol. The summed E-state index contributed by atoms with van der Waals surface area (Å²) >= 11 is 0. The number of amides is 2. The van der Waals surface area contributed by atoms with Crippen LogP contribution < -0.4 is 14.8 Å². The highest BCUT2D eigenvalue weighted by molar-refractivity contribution is 5.89. The van der Waals surface area contributed by atoms with Gasteiger partial charge in [0.25, 0.3) is 0 Å². The smallest absolute Gasteiger partial charge is 0.240 e. The molecule has 148 valence electrons. The quantitative estimate of drug-likeness (QED) is 0.719. The molecule has 0 fully saturated rings. The molecule has 0 aliphatic carbocycles. The molecule has 0 spiro atoms. The lowest BCUT2D eigenvalue weighted by molar-refractivity contribution is -0.133. The molecule has 2 amide bonds. The average Bonchev–Trinajstić information content (AvgIpc) is 2.82. The minimum absolute atomic E-state index is 0.0927. The molecular formula is C20H28N2O5. The van der Waals surface area contributed by atoms with Crippen molar-refractivity contribution < 1.29 is 24.2 Å². The van der Waals surface area contributed by atoms with Crippen LogP contribution in [0, 0.1) is 5.92 Å². The number of carbonyl (C=O) groups excluding carboxylic acids is 2. The number of carbonyl (C=O) groups is 2. The lowest BCUT2D eigenvalue weighted by atomic mass is 10.00. The number of aliphatic hydroxyl groups is 1. The Balaban J connectivity index is 2.12. The summed E-state index contributed by atoms with van der Waals surface area (Å²) in [7, 11) is 3.10. The maximum Gasteiger partial charge on any atom is 0.240 e. The number of fused-ring (bicyclic) bond motifs is 1. The molecule has 2 N–H and O–H groups in total. The van der Waals surface area contributed by atoms with E-state index in [2.05, 4.69) is 5.32 Å². The van der Waals surface area contributed by atoms with Gasteiger partial charge in [0.15, 0.2) is 11.5 Å². The average molecular weight is 376 g/mol. The minimum atomic E-state index is -0.320. The van der Waals surface area contributed by atoms with E-state index in [4.69, 9.17) is 9.47 Å². The Kier molecular flexibility index (Phi) is 7.24. The summed E-state index contributed by atoms with van der Waals surface area (Å²) in [6, 6.07) is 3.27. The molecule has 1 aromatic carbocycles. The summed E-state index contributed by atoms with van der Waals surface area (Å²) < 4.78 is 10.6. The molecule has 7 heteroatoms. The first kappa shape index (κ1) is 20.8. The van der Waals surface area contributed by atoms with E-state index >= 15 is 0 Å². The van der Waals surface area contributed by atoms with E-state index in [1.807, 2.05) is 19.9 Å². The maximum absolute atomic E-state index is 12.6. The second kappa shape index (κ2) is 9.41. The van der Waals surface area contributed by atoms with Crippen LogP contribution in [-0.4, -0.2) is 55.2 Å². The van der Waals surface area contributed by atoms with Gasteiger partial charge in [-0.05, 0) is 35.3 Å². The van der Waals surface area contributed by atoms with E-state index in [1.165, 1.54) is 4.90 Å². The lowest BCUT2D eigenvalue weighted by Crippen LogP contribution is -2.46. The van der Waals surface area contributed by atoms with Crippen LogP contribution in [0.4, 0.5) is 0 Å². The third kappa shape index (κ3) is 5.01. The van der Waals surface area contributed by atoms with Crippen LogP contribution >= 0.6 is 0 Å². The molecule has 1 heterocycles. The summed E-state index contributed by atoms with van der Waals surface area (Å²) in [6.45, 7) is 3.75. The van der Waals surface area contributed by atoms with Gasteiger partial charge in [0.1, 0.15) is 6.54 Å². The summed E-state index contributed by atoms with van der Waals surface area (Å²) in [4.78, 5) is 26.3. The summed E-state index contributed by atoms with van der Waals surface area (Å²) in [6.07, 6.45) is 4.39. The summed E-state index contributed by atoms with van der Waals surface area (Å²) in [5.41, 5.74) is 1.65. The third-order valence-electron chi connectivity index (χ3n) is 4.93. The zero-order valence-electron chi connectivity index (χ0n) is 16.3. The van der Waals surface area contributed by atoms with Crippen molar-refractivity contribution >= 4 is 17.9 Å². The standard InChI is InChI=1S/C20H28N2O5/c1-5-13(2)16(12-23)21-19(24)11-22-7-6-14-8-17(26-3)18(27-4)9-15(14)10-20(22)25/h6-9,13,16,23H,5,10-12H2,1-4H3,(H,21,24). The number of aliphatic hydroxyl groups excluding tert-OH is 1. The molecule has 2 rings (SSSR count). The zero-order valence-corrected chi connectivity index (χ0v) is 16.3. The molecule has 2 atom stereocenters. The maximum atomic E-state index is 12.6. The second-order valence-electron chi connectivity index (χ2n) is 6.66. The number of nitrogens with zero attached hydrogens (tertiary/aromatic N) is 1. The van der Waals surface area contributed by atoms with Crippen molar-refractivity contribution in [3.05, 3.63) is 29.5 Å². The van der Waals surface area contributed by atoms with Gasteiger partial charge in [-0.25, -0.2) is 0 Å². The Morgan fingerprint density at radius 2 is 1.96 bits per heavy atom. The van der Waals surface area contributed by atoms with E-state index < -0.39 is 0 Å². The lowest BCUT2D eigenvalue weighted by Gasteiger charge is -2.24. The Labute approximate surface area is 159 Å². The minimum Gasteiger partial charge on any atom is -0.493 e. The summed E-state index contributed by atoms with van der Waals surface area (Å²) in [5, 5.41) is 12.3. The fraction of sp³-hybridized carbons (Fsp3) is 0.500. The molecule has 1 aliphatic rings. The van der Waals surface area contributed by atoms with Crippen molar-refractivity contribution in [2.45, 2.75) is 32.7 Å². The van der Waals surface area contributed by atoms with Gasteiger partial charge < -0.3 is 24.8 Å². The van der Waals surface area contributed by atoms with Gasteiger partial charge in [-0.15, -0.1) is 0 Å². The van der Waals surface area contributed by atoms with E-state index in [0.29, 0.717) is 11.5 Å². The van der Waals surface area contributed by atoms with Crippen LogP contribution in [0.15, 0.2) is 18.3 Å². The van der Waals surface area contributed by atoms with E-state index in [9.17, 15) is 14.7 Å². The third-order valence-corrected chi connectivity index (χ3v) is 4.93. The number of rotatable bonds is 8. The zero-order chi connectivity index (χ0) is 20.0. The second-order valence-corrected chi connectivity index (χ2v) is 6.66. The number of methoxy groups -OCH3 is 2. The Hall–Kier alpha value is -2.54. The first-order chi connectivity index (χ1) is 12.9. The first-order valence-corrected chi connectivity index (χ1v) is 9.06. The fourth-order valence-electron chi connectivity index (χ4n) is 2.96. The van der Waals surface area contributed by atoms with Crippen molar-refractivity contribution in [1.82, 2.24) is 10.2 Å². The molecule has 2 unspecified atom stereocenters. The van der Waals surface area contributed by atoms with Crippen LogP contribution in [0.3, 0.4) is 0 Å². The first-order valence-electron chi connectivity index (χ1n) is 9.06. The number of benzene rings is 1. The number of hydrogen-bond donors (Lipinski definition) is 2. The fourth-order valence-corrected chi connectivity index (χ4v) is 2.96. The molecule has 7 nitrogen and oxygen atoms in total.